The van der Waals surface area contributed by atoms with Gasteiger partial charge in [-0.05, 0) is 37.3 Å². The van der Waals surface area contributed by atoms with Gasteiger partial charge in [0, 0.05) is 32.9 Å². The van der Waals surface area contributed by atoms with Crippen molar-refractivity contribution in [2.45, 2.75) is 11.8 Å². The van der Waals surface area contributed by atoms with Crippen molar-refractivity contribution in [3.05, 3.63) is 121 Å². The molecular weight excluding hydrogens is 478 g/mol. The maximum absolute atomic E-state index is 14.6. The van der Waals surface area contributed by atoms with Crippen molar-refractivity contribution in [1.82, 2.24) is 4.98 Å². The van der Waals surface area contributed by atoms with Crippen molar-refractivity contribution in [2.75, 3.05) is 10.0 Å². The second kappa shape index (κ2) is 8.84. The maximum atomic E-state index is 14.6. The summed E-state index contributed by atoms with van der Waals surface area (Å²) in [5.74, 6) is 0. The molecule has 0 aliphatic rings. The number of nitrogens with two attached hydrogens (primary N) is 1. The molecule has 0 radical (unpaired) electrons. The largest absolute Gasteiger partial charge is 0.398 e. The summed E-state index contributed by atoms with van der Waals surface area (Å²) in [4.78, 5) is 3.70. The van der Waals surface area contributed by atoms with Crippen LogP contribution in [0.4, 0.5) is 17.1 Å². The minimum absolute atomic E-state index is 0.211. The first kappa shape index (κ1) is 22.9. The van der Waals surface area contributed by atoms with E-state index in [4.69, 9.17) is 5.73 Å². The van der Waals surface area contributed by atoms with Gasteiger partial charge in [0.05, 0.1) is 22.0 Å². The van der Waals surface area contributed by atoms with E-state index in [1.807, 2.05) is 97.9 Å². The number of benzene rings is 5. The molecule has 0 bridgehead atoms. The molecule has 1 heterocycles. The van der Waals surface area contributed by atoms with Gasteiger partial charge in [-0.1, -0.05) is 90.5 Å². The Balaban J connectivity index is 1.75. The molecule has 0 atom stereocenters. The molecule has 5 aromatic carbocycles. The molecule has 0 saturated carbocycles. The van der Waals surface area contributed by atoms with E-state index >= 15 is 0 Å². The van der Waals surface area contributed by atoms with E-state index in [1.165, 1.54) is 4.31 Å². The van der Waals surface area contributed by atoms with E-state index < -0.39 is 10.0 Å². The third-order valence-electron chi connectivity index (χ3n) is 6.66. The molecule has 0 spiro atoms. The summed E-state index contributed by atoms with van der Waals surface area (Å²) in [7, 11) is -4.05. The highest BCUT2D eigenvalue weighted by Crippen LogP contribution is 2.46. The number of hydrogen-bond acceptors (Lipinski definition) is 3. The van der Waals surface area contributed by atoms with Crippen molar-refractivity contribution in [1.29, 1.82) is 0 Å². The van der Waals surface area contributed by atoms with Crippen LogP contribution < -0.4 is 10.0 Å². The molecule has 182 valence electrons. The number of H-pyrrole nitrogens is 1. The second-order valence-corrected chi connectivity index (χ2v) is 10.8. The third-order valence-corrected chi connectivity index (χ3v) is 8.38. The molecule has 0 saturated heterocycles. The highest BCUT2D eigenvalue weighted by molar-refractivity contribution is 7.93. The third kappa shape index (κ3) is 3.82. The predicted octanol–water partition coefficient (Wildman–Crippen LogP) is 7.41. The van der Waals surface area contributed by atoms with Gasteiger partial charge < -0.3 is 10.7 Å². The number of aromatic amines is 1. The van der Waals surface area contributed by atoms with Gasteiger partial charge in [0.15, 0.2) is 0 Å². The second-order valence-electron chi connectivity index (χ2n) is 9.06. The number of aryl methyl sites for hydroxylation is 1. The predicted molar refractivity (Wildman–Crippen MR) is 153 cm³/mol. The molecule has 0 amide bonds. The normalized spacial score (nSPS) is 11.7. The van der Waals surface area contributed by atoms with Crippen molar-refractivity contribution < 1.29 is 8.42 Å². The molecular formula is C31H25N3O2S. The summed E-state index contributed by atoms with van der Waals surface area (Å²) in [6.07, 6.45) is 0. The lowest BCUT2D eigenvalue weighted by molar-refractivity contribution is 0.596. The summed E-state index contributed by atoms with van der Waals surface area (Å²) in [5.41, 5.74) is 11.5. The van der Waals surface area contributed by atoms with Gasteiger partial charge in [-0.3, -0.25) is 0 Å². The number of para-hydroxylation sites is 1. The molecule has 6 aromatic rings. The van der Waals surface area contributed by atoms with Gasteiger partial charge in [-0.25, -0.2) is 12.7 Å². The Bertz CT molecular complexity index is 1860. The summed E-state index contributed by atoms with van der Waals surface area (Å²) in [6, 6.07) is 35.7. The van der Waals surface area contributed by atoms with Gasteiger partial charge in [0.25, 0.3) is 10.0 Å². The van der Waals surface area contributed by atoms with Crippen LogP contribution in [0.5, 0.6) is 0 Å². The van der Waals surface area contributed by atoms with E-state index in [0.717, 1.165) is 38.5 Å². The van der Waals surface area contributed by atoms with E-state index in [-0.39, 0.29) is 4.90 Å². The lowest BCUT2D eigenvalue weighted by Crippen LogP contribution is -2.27. The molecule has 5 nitrogen and oxygen atoms in total. The maximum Gasteiger partial charge on any atom is 0.268 e. The molecule has 6 rings (SSSR count). The van der Waals surface area contributed by atoms with Crippen molar-refractivity contribution in [3.8, 4) is 11.3 Å². The van der Waals surface area contributed by atoms with Crippen molar-refractivity contribution in [3.63, 3.8) is 0 Å². The summed E-state index contributed by atoms with van der Waals surface area (Å²) < 4.78 is 30.6. The summed E-state index contributed by atoms with van der Waals surface area (Å²) in [5, 5.41) is 2.35. The first-order valence-corrected chi connectivity index (χ1v) is 13.4. The Labute approximate surface area is 215 Å². The highest BCUT2D eigenvalue weighted by Gasteiger charge is 2.33. The Morgan fingerprint density at radius 3 is 2.03 bits per heavy atom. The van der Waals surface area contributed by atoms with E-state index in [1.54, 1.807) is 24.3 Å². The van der Waals surface area contributed by atoms with Gasteiger partial charge in [-0.2, -0.15) is 0 Å². The van der Waals surface area contributed by atoms with E-state index in [0.29, 0.717) is 17.1 Å². The van der Waals surface area contributed by atoms with E-state index in [9.17, 15) is 8.42 Å². The topological polar surface area (TPSA) is 79.2 Å². The number of nitrogen functional groups attached to an aromatic ring is 1. The average molecular weight is 504 g/mol. The SMILES string of the molecule is Cc1ccc(S(=O)(=O)N(c2c(-c3ccccc3)[nH]c3ccccc23)c2ccc(N)c3ccccc23)cc1. The fourth-order valence-electron chi connectivity index (χ4n) is 4.82. The van der Waals surface area contributed by atoms with Crippen molar-refractivity contribution in [2.24, 2.45) is 0 Å². The number of aromatic nitrogens is 1. The summed E-state index contributed by atoms with van der Waals surface area (Å²) >= 11 is 0. The average Bonchev–Trinajstić information content (AvgIpc) is 3.30. The van der Waals surface area contributed by atoms with Crippen LogP contribution in [0, 0.1) is 6.92 Å². The van der Waals surface area contributed by atoms with Gasteiger partial charge in [-0.15, -0.1) is 0 Å². The van der Waals surface area contributed by atoms with Crippen LogP contribution in [0.25, 0.3) is 32.9 Å². The van der Waals surface area contributed by atoms with Gasteiger partial charge in [0.2, 0.25) is 0 Å². The molecule has 37 heavy (non-hydrogen) atoms. The Morgan fingerprint density at radius 2 is 1.30 bits per heavy atom. The Kier molecular flexibility index (Phi) is 5.46. The fourth-order valence-corrected chi connectivity index (χ4v) is 6.36. The van der Waals surface area contributed by atoms with E-state index in [2.05, 4.69) is 4.98 Å². The zero-order chi connectivity index (χ0) is 25.6. The minimum atomic E-state index is -4.05. The number of hydrogen-bond donors (Lipinski definition) is 2. The van der Waals surface area contributed by atoms with Crippen LogP contribution in [-0.4, -0.2) is 13.4 Å². The van der Waals surface area contributed by atoms with Crippen LogP contribution in [0.1, 0.15) is 5.56 Å². The molecule has 6 heteroatoms. The lowest BCUT2D eigenvalue weighted by atomic mass is 10.1. The number of nitrogens with zero attached hydrogens (tertiary/aromatic N) is 1. The zero-order valence-corrected chi connectivity index (χ0v) is 21.0. The van der Waals surface area contributed by atoms with Crippen LogP contribution in [0.15, 0.2) is 120 Å². The summed E-state index contributed by atoms with van der Waals surface area (Å²) in [6.45, 7) is 1.94. The molecule has 0 fully saturated rings. The molecule has 0 unspecified atom stereocenters. The van der Waals surface area contributed by atoms with Gasteiger partial charge >= 0.3 is 0 Å². The molecule has 0 aliphatic carbocycles. The Hall–Kier alpha value is -4.55. The monoisotopic (exact) mass is 503 g/mol. The number of fused-ring (bicyclic) bond motifs is 2. The first-order valence-electron chi connectivity index (χ1n) is 12.0. The highest BCUT2D eigenvalue weighted by atomic mass is 32.2. The number of anilines is 3. The van der Waals surface area contributed by atoms with Crippen LogP contribution >= 0.6 is 0 Å². The quantitative estimate of drug-likeness (QED) is 0.241. The Morgan fingerprint density at radius 1 is 0.676 bits per heavy atom. The molecule has 1 aromatic heterocycles. The van der Waals surface area contributed by atoms with Crippen LogP contribution in [0.3, 0.4) is 0 Å². The molecule has 3 N–H and O–H groups in total. The fraction of sp³-hybridized carbons (Fsp3) is 0.0323. The zero-order valence-electron chi connectivity index (χ0n) is 20.2. The number of rotatable bonds is 5. The standard InChI is InChI=1S/C31H25N3O2S/c1-21-15-17-23(18-16-21)37(35,36)34(29-20-19-27(32)24-11-5-6-12-25(24)29)31-26-13-7-8-14-28(26)33-30(31)22-9-3-2-4-10-22/h2-20,33H,32H2,1H3. The lowest BCUT2D eigenvalue weighted by Gasteiger charge is -2.27. The van der Waals surface area contributed by atoms with Crippen molar-refractivity contribution >= 4 is 48.8 Å². The minimum Gasteiger partial charge on any atom is -0.398 e. The van der Waals surface area contributed by atoms with Crippen LogP contribution in [0.2, 0.25) is 0 Å². The first-order chi connectivity index (χ1) is 17.9. The number of nitrogens with one attached hydrogen (secondary N) is 1. The smallest absolute Gasteiger partial charge is 0.268 e. The van der Waals surface area contributed by atoms with Crippen LogP contribution in [-0.2, 0) is 10.0 Å². The number of sulfonamides is 1. The van der Waals surface area contributed by atoms with Gasteiger partial charge in [0.1, 0.15) is 0 Å². The molecule has 0 aliphatic heterocycles.